The molecule has 0 fully saturated rings. The Morgan fingerprint density at radius 2 is 1.90 bits per heavy atom. The number of aromatic nitrogens is 1. The van der Waals surface area contributed by atoms with E-state index in [9.17, 15) is 4.79 Å². The number of nitrogens with zero attached hydrogens (tertiary/aromatic N) is 1. The number of carbonyl (C=O) groups excluding carboxylic acids is 1. The van der Waals surface area contributed by atoms with Gasteiger partial charge in [-0.25, -0.2) is 0 Å². The van der Waals surface area contributed by atoms with Gasteiger partial charge in [-0.1, -0.05) is 30.3 Å². The van der Waals surface area contributed by atoms with E-state index in [-0.39, 0.29) is 5.91 Å². The molecule has 3 aromatic rings. The Kier molecular flexibility index (Phi) is 3.87. The van der Waals surface area contributed by atoms with Crippen molar-refractivity contribution in [3.63, 3.8) is 0 Å². The van der Waals surface area contributed by atoms with E-state index in [2.05, 4.69) is 5.32 Å². The number of amides is 1. The molecule has 0 bridgehead atoms. The van der Waals surface area contributed by atoms with E-state index in [1.54, 1.807) is 12.3 Å². The van der Waals surface area contributed by atoms with Crippen LogP contribution in [0.4, 0.5) is 0 Å². The second-order valence-electron chi connectivity index (χ2n) is 4.77. The van der Waals surface area contributed by atoms with Crippen molar-refractivity contribution in [2.45, 2.75) is 13.1 Å². The summed E-state index contributed by atoms with van der Waals surface area (Å²) in [6.07, 6.45) is 3.51. The van der Waals surface area contributed by atoms with Crippen LogP contribution in [-0.4, -0.2) is 10.5 Å². The monoisotopic (exact) mass is 280 g/mol. The standard InChI is InChI=1S/C17H16N2O2/c20-17(18-12-15-8-5-11-21-15)16-9-4-10-19(16)13-14-6-2-1-3-7-14/h1-11H,12-13H2,(H,18,20). The first-order valence-corrected chi connectivity index (χ1v) is 6.82. The maximum Gasteiger partial charge on any atom is 0.268 e. The van der Waals surface area contributed by atoms with Gasteiger partial charge in [-0.15, -0.1) is 0 Å². The minimum absolute atomic E-state index is 0.104. The zero-order valence-electron chi connectivity index (χ0n) is 11.5. The molecular weight excluding hydrogens is 264 g/mol. The third kappa shape index (κ3) is 3.23. The highest BCUT2D eigenvalue weighted by Crippen LogP contribution is 2.08. The van der Waals surface area contributed by atoms with Crippen molar-refractivity contribution in [3.8, 4) is 0 Å². The summed E-state index contributed by atoms with van der Waals surface area (Å²) in [4.78, 5) is 12.2. The maximum absolute atomic E-state index is 12.2. The topological polar surface area (TPSA) is 47.2 Å². The Labute approximate surface area is 123 Å². The van der Waals surface area contributed by atoms with Crippen LogP contribution in [0, 0.1) is 0 Å². The summed E-state index contributed by atoms with van der Waals surface area (Å²) in [6.45, 7) is 1.07. The molecule has 0 unspecified atom stereocenters. The highest BCUT2D eigenvalue weighted by Gasteiger charge is 2.11. The van der Waals surface area contributed by atoms with E-state index in [4.69, 9.17) is 4.42 Å². The number of furan rings is 1. The van der Waals surface area contributed by atoms with Crippen LogP contribution in [0.25, 0.3) is 0 Å². The van der Waals surface area contributed by atoms with Gasteiger partial charge in [0.05, 0.1) is 12.8 Å². The summed E-state index contributed by atoms with van der Waals surface area (Å²) in [5.41, 5.74) is 1.80. The minimum atomic E-state index is -0.104. The Hall–Kier alpha value is -2.75. The molecule has 1 N–H and O–H groups in total. The third-order valence-electron chi connectivity index (χ3n) is 3.26. The first kappa shape index (κ1) is 13.2. The third-order valence-corrected chi connectivity index (χ3v) is 3.26. The molecular formula is C17H16N2O2. The van der Waals surface area contributed by atoms with Gasteiger partial charge in [0.15, 0.2) is 0 Å². The predicted octanol–water partition coefficient (Wildman–Crippen LogP) is 3.06. The number of nitrogens with one attached hydrogen (secondary N) is 1. The number of hydrogen-bond acceptors (Lipinski definition) is 2. The van der Waals surface area contributed by atoms with E-state index in [0.717, 1.165) is 11.3 Å². The quantitative estimate of drug-likeness (QED) is 0.780. The molecule has 0 aliphatic rings. The van der Waals surface area contributed by atoms with Crippen LogP contribution < -0.4 is 5.32 Å². The molecule has 1 amide bonds. The zero-order chi connectivity index (χ0) is 14.5. The Morgan fingerprint density at radius 3 is 2.67 bits per heavy atom. The van der Waals surface area contributed by atoms with Crippen LogP contribution >= 0.6 is 0 Å². The molecule has 106 valence electrons. The SMILES string of the molecule is O=C(NCc1ccco1)c1cccn1Cc1ccccc1. The molecule has 2 aromatic heterocycles. The second-order valence-corrected chi connectivity index (χ2v) is 4.77. The summed E-state index contributed by atoms with van der Waals surface area (Å²) < 4.78 is 7.14. The maximum atomic E-state index is 12.2. The van der Waals surface area contributed by atoms with Crippen LogP contribution in [0.1, 0.15) is 21.8 Å². The number of rotatable bonds is 5. The van der Waals surface area contributed by atoms with Crippen LogP contribution in [0.3, 0.4) is 0 Å². The average Bonchev–Trinajstić information content (AvgIpc) is 3.17. The van der Waals surface area contributed by atoms with Gasteiger partial charge in [-0.3, -0.25) is 4.79 Å². The summed E-state index contributed by atoms with van der Waals surface area (Å²) in [6, 6.07) is 17.4. The Balaban J connectivity index is 1.68. The first-order valence-electron chi connectivity index (χ1n) is 6.82. The minimum Gasteiger partial charge on any atom is -0.467 e. The second kappa shape index (κ2) is 6.13. The molecule has 3 rings (SSSR count). The molecule has 0 atom stereocenters. The largest absolute Gasteiger partial charge is 0.467 e. The van der Waals surface area contributed by atoms with E-state index in [0.29, 0.717) is 18.8 Å². The molecule has 2 heterocycles. The van der Waals surface area contributed by atoms with Crippen molar-refractivity contribution in [1.29, 1.82) is 0 Å². The number of benzene rings is 1. The van der Waals surface area contributed by atoms with Crippen molar-refractivity contribution in [1.82, 2.24) is 9.88 Å². The molecule has 0 saturated heterocycles. The average molecular weight is 280 g/mol. The van der Waals surface area contributed by atoms with Gasteiger partial charge < -0.3 is 14.3 Å². The van der Waals surface area contributed by atoms with Crippen LogP contribution in [0.2, 0.25) is 0 Å². The fourth-order valence-electron chi connectivity index (χ4n) is 2.21. The molecule has 0 aliphatic carbocycles. The summed E-state index contributed by atoms with van der Waals surface area (Å²) >= 11 is 0. The van der Waals surface area contributed by atoms with Crippen LogP contribution in [-0.2, 0) is 13.1 Å². The summed E-state index contributed by atoms with van der Waals surface area (Å²) in [5, 5.41) is 2.86. The van der Waals surface area contributed by atoms with E-state index in [1.807, 2.05) is 59.3 Å². The lowest BCUT2D eigenvalue weighted by atomic mass is 10.2. The molecule has 0 spiro atoms. The molecule has 0 saturated carbocycles. The van der Waals surface area contributed by atoms with Crippen LogP contribution in [0.5, 0.6) is 0 Å². The van der Waals surface area contributed by atoms with Crippen molar-refractivity contribution in [2.75, 3.05) is 0 Å². The van der Waals surface area contributed by atoms with Crippen molar-refractivity contribution in [3.05, 3.63) is 84.1 Å². The van der Waals surface area contributed by atoms with Gasteiger partial charge in [0.1, 0.15) is 11.5 Å². The number of hydrogen-bond donors (Lipinski definition) is 1. The molecule has 4 nitrogen and oxygen atoms in total. The van der Waals surface area contributed by atoms with Gasteiger partial charge in [-0.05, 0) is 29.8 Å². The van der Waals surface area contributed by atoms with Crippen LogP contribution in [0.15, 0.2) is 71.5 Å². The number of carbonyl (C=O) groups is 1. The molecule has 21 heavy (non-hydrogen) atoms. The van der Waals surface area contributed by atoms with Gasteiger partial charge >= 0.3 is 0 Å². The Morgan fingerprint density at radius 1 is 1.05 bits per heavy atom. The molecule has 4 heteroatoms. The van der Waals surface area contributed by atoms with Gasteiger partial charge in [-0.2, -0.15) is 0 Å². The van der Waals surface area contributed by atoms with E-state index >= 15 is 0 Å². The van der Waals surface area contributed by atoms with Crippen molar-refractivity contribution in [2.24, 2.45) is 0 Å². The lowest BCUT2D eigenvalue weighted by Gasteiger charge is -2.09. The first-order chi connectivity index (χ1) is 10.3. The molecule has 0 aliphatic heterocycles. The van der Waals surface area contributed by atoms with Gasteiger partial charge in [0.2, 0.25) is 0 Å². The summed E-state index contributed by atoms with van der Waals surface area (Å²) in [5.74, 6) is 0.636. The van der Waals surface area contributed by atoms with Gasteiger partial charge in [0, 0.05) is 12.7 Å². The van der Waals surface area contributed by atoms with E-state index in [1.165, 1.54) is 0 Å². The smallest absolute Gasteiger partial charge is 0.268 e. The van der Waals surface area contributed by atoms with E-state index < -0.39 is 0 Å². The normalized spacial score (nSPS) is 10.5. The highest BCUT2D eigenvalue weighted by atomic mass is 16.3. The van der Waals surface area contributed by atoms with Gasteiger partial charge in [0.25, 0.3) is 5.91 Å². The zero-order valence-corrected chi connectivity index (χ0v) is 11.5. The predicted molar refractivity (Wildman–Crippen MR) is 79.9 cm³/mol. The summed E-state index contributed by atoms with van der Waals surface area (Å²) in [7, 11) is 0. The fraction of sp³-hybridized carbons (Fsp3) is 0.118. The van der Waals surface area contributed by atoms with Crippen molar-refractivity contribution < 1.29 is 9.21 Å². The molecule has 0 radical (unpaired) electrons. The molecule has 1 aromatic carbocycles. The highest BCUT2D eigenvalue weighted by molar-refractivity contribution is 5.92. The lowest BCUT2D eigenvalue weighted by molar-refractivity contribution is 0.0939. The fourth-order valence-corrected chi connectivity index (χ4v) is 2.21. The lowest BCUT2D eigenvalue weighted by Crippen LogP contribution is -2.25. The Bertz CT molecular complexity index is 699. The van der Waals surface area contributed by atoms with Crippen molar-refractivity contribution >= 4 is 5.91 Å².